The van der Waals surface area contributed by atoms with Crippen molar-refractivity contribution in [3.05, 3.63) is 33.9 Å². The van der Waals surface area contributed by atoms with Gasteiger partial charge in [-0.2, -0.15) is 5.26 Å². The molecule has 0 aliphatic rings. The predicted molar refractivity (Wildman–Crippen MR) is 68.7 cm³/mol. The Hall–Kier alpha value is -2.13. The topological polar surface area (TPSA) is 96.4 Å². The number of nitrogens with zero attached hydrogens (tertiary/aromatic N) is 2. The number of aliphatic hydroxyl groups excluding tert-OH is 1. The first-order valence-corrected chi connectivity index (χ1v) is 6.02. The predicted octanol–water partition coefficient (Wildman–Crippen LogP) is 2.72. The lowest BCUT2D eigenvalue weighted by Gasteiger charge is -2.13. The first-order valence-electron chi connectivity index (χ1n) is 6.02. The molecule has 0 aromatic heterocycles. The first kappa shape index (κ1) is 14.9. The standard InChI is InChI=1S/C13H16N2O4/c1-10(16)12-9-11(15(17)18)5-6-13(12)19-8-4-2-3-7-14/h5-6,9-10,16H,2-4,8H2,1H3/t10-/m1/s1. The number of ether oxygens (including phenoxy) is 1. The molecule has 0 aliphatic heterocycles. The summed E-state index contributed by atoms with van der Waals surface area (Å²) in [6.07, 6.45) is 1.11. The number of aliphatic hydroxyl groups is 1. The molecule has 102 valence electrons. The highest BCUT2D eigenvalue weighted by Gasteiger charge is 2.15. The summed E-state index contributed by atoms with van der Waals surface area (Å²) >= 11 is 0. The Balaban J connectivity index is 2.72. The number of nitriles is 1. The molecule has 6 nitrogen and oxygen atoms in total. The minimum Gasteiger partial charge on any atom is -0.493 e. The van der Waals surface area contributed by atoms with Gasteiger partial charge in [0.2, 0.25) is 0 Å². The Bertz CT molecular complexity index is 480. The molecule has 1 atom stereocenters. The van der Waals surface area contributed by atoms with E-state index in [1.54, 1.807) is 0 Å². The van der Waals surface area contributed by atoms with Gasteiger partial charge in [0.05, 0.1) is 23.7 Å². The van der Waals surface area contributed by atoms with E-state index in [1.807, 2.05) is 6.07 Å². The van der Waals surface area contributed by atoms with Crippen LogP contribution >= 0.6 is 0 Å². The van der Waals surface area contributed by atoms with Crippen LogP contribution in [0.15, 0.2) is 18.2 Å². The normalized spacial score (nSPS) is 11.6. The van der Waals surface area contributed by atoms with E-state index >= 15 is 0 Å². The fourth-order valence-electron chi connectivity index (χ4n) is 1.60. The third-order valence-electron chi connectivity index (χ3n) is 2.59. The molecule has 0 fully saturated rings. The number of hydrogen-bond donors (Lipinski definition) is 1. The lowest BCUT2D eigenvalue weighted by Crippen LogP contribution is -2.03. The quantitative estimate of drug-likeness (QED) is 0.464. The lowest BCUT2D eigenvalue weighted by molar-refractivity contribution is -0.385. The summed E-state index contributed by atoms with van der Waals surface area (Å²) in [5.41, 5.74) is 0.321. The van der Waals surface area contributed by atoms with Crippen molar-refractivity contribution in [2.75, 3.05) is 6.61 Å². The van der Waals surface area contributed by atoms with Gasteiger partial charge in [0.25, 0.3) is 5.69 Å². The number of nitro groups is 1. The number of rotatable bonds is 7. The van der Waals surface area contributed by atoms with Gasteiger partial charge in [-0.1, -0.05) is 0 Å². The molecule has 0 unspecified atom stereocenters. The molecular formula is C13H16N2O4. The van der Waals surface area contributed by atoms with Crippen molar-refractivity contribution in [2.45, 2.75) is 32.3 Å². The van der Waals surface area contributed by atoms with Gasteiger partial charge >= 0.3 is 0 Å². The summed E-state index contributed by atoms with van der Waals surface area (Å²) in [5, 5.41) is 28.7. The van der Waals surface area contributed by atoms with E-state index in [0.717, 1.165) is 12.8 Å². The molecule has 0 spiro atoms. The van der Waals surface area contributed by atoms with Crippen LogP contribution in [0.25, 0.3) is 0 Å². The van der Waals surface area contributed by atoms with Crippen molar-refractivity contribution in [1.29, 1.82) is 5.26 Å². The fraction of sp³-hybridized carbons (Fsp3) is 0.462. The highest BCUT2D eigenvalue weighted by atomic mass is 16.6. The molecule has 0 saturated heterocycles. The fourth-order valence-corrected chi connectivity index (χ4v) is 1.60. The smallest absolute Gasteiger partial charge is 0.270 e. The monoisotopic (exact) mass is 264 g/mol. The zero-order valence-corrected chi connectivity index (χ0v) is 10.7. The van der Waals surface area contributed by atoms with Gasteiger partial charge < -0.3 is 9.84 Å². The second kappa shape index (κ2) is 7.34. The van der Waals surface area contributed by atoms with Gasteiger partial charge in [-0.05, 0) is 25.8 Å². The van der Waals surface area contributed by atoms with Crippen molar-refractivity contribution >= 4 is 5.69 Å². The Morgan fingerprint density at radius 3 is 2.84 bits per heavy atom. The van der Waals surface area contributed by atoms with Crippen LogP contribution < -0.4 is 4.74 Å². The van der Waals surface area contributed by atoms with Crippen molar-refractivity contribution in [2.24, 2.45) is 0 Å². The highest BCUT2D eigenvalue weighted by molar-refractivity contribution is 5.44. The van der Waals surface area contributed by atoms with E-state index in [1.165, 1.54) is 25.1 Å². The van der Waals surface area contributed by atoms with Crippen LogP contribution in [-0.2, 0) is 0 Å². The maximum absolute atomic E-state index is 10.7. The molecule has 0 saturated carbocycles. The van der Waals surface area contributed by atoms with Crippen molar-refractivity contribution < 1.29 is 14.8 Å². The van der Waals surface area contributed by atoms with E-state index in [0.29, 0.717) is 24.3 Å². The van der Waals surface area contributed by atoms with Crippen molar-refractivity contribution in [3.8, 4) is 11.8 Å². The second-order valence-corrected chi connectivity index (χ2v) is 4.12. The number of non-ortho nitro benzene ring substituents is 1. The van der Waals surface area contributed by atoms with Gasteiger partial charge in [0.15, 0.2) is 0 Å². The summed E-state index contributed by atoms with van der Waals surface area (Å²) in [4.78, 5) is 10.2. The van der Waals surface area contributed by atoms with Gasteiger partial charge in [-0.15, -0.1) is 0 Å². The van der Waals surface area contributed by atoms with Crippen molar-refractivity contribution in [3.63, 3.8) is 0 Å². The van der Waals surface area contributed by atoms with Crippen LogP contribution in [0.4, 0.5) is 5.69 Å². The largest absolute Gasteiger partial charge is 0.493 e. The number of nitro benzene ring substituents is 1. The Kier molecular flexibility index (Phi) is 5.76. The SMILES string of the molecule is C[C@@H](O)c1cc([N+](=O)[O-])ccc1OCCCCC#N. The zero-order chi connectivity index (χ0) is 14.3. The maximum Gasteiger partial charge on any atom is 0.270 e. The van der Waals surface area contributed by atoms with Gasteiger partial charge in [0.1, 0.15) is 5.75 Å². The molecule has 0 heterocycles. The summed E-state index contributed by atoms with van der Waals surface area (Å²) in [6, 6.07) is 6.19. The van der Waals surface area contributed by atoms with Crippen molar-refractivity contribution in [1.82, 2.24) is 0 Å². The van der Waals surface area contributed by atoms with Gasteiger partial charge in [0, 0.05) is 24.1 Å². The molecule has 0 bridgehead atoms. The summed E-state index contributed by atoms with van der Waals surface area (Å²) in [6.45, 7) is 1.95. The molecule has 6 heteroatoms. The van der Waals surface area contributed by atoms with Crippen LogP contribution in [-0.4, -0.2) is 16.6 Å². The zero-order valence-electron chi connectivity index (χ0n) is 10.7. The van der Waals surface area contributed by atoms with Crippen LogP contribution in [0.2, 0.25) is 0 Å². The maximum atomic E-state index is 10.7. The van der Waals surface area contributed by atoms with Crippen LogP contribution in [0.1, 0.15) is 37.9 Å². The second-order valence-electron chi connectivity index (χ2n) is 4.12. The third-order valence-corrected chi connectivity index (χ3v) is 2.59. The molecule has 1 rings (SSSR count). The van der Waals surface area contributed by atoms with Crippen LogP contribution in [0.5, 0.6) is 5.75 Å². The van der Waals surface area contributed by atoms with Crippen LogP contribution in [0, 0.1) is 21.4 Å². The molecule has 1 aromatic carbocycles. The first-order chi connectivity index (χ1) is 9.06. The summed E-state index contributed by atoms with van der Waals surface area (Å²) in [5.74, 6) is 0.442. The number of hydrogen-bond acceptors (Lipinski definition) is 5. The molecule has 0 aliphatic carbocycles. The van der Waals surface area contributed by atoms with E-state index in [4.69, 9.17) is 10.00 Å². The minimum atomic E-state index is -0.839. The summed E-state index contributed by atoms with van der Waals surface area (Å²) < 4.78 is 5.49. The van der Waals surface area contributed by atoms with Gasteiger partial charge in [-0.3, -0.25) is 10.1 Å². The number of unbranched alkanes of at least 4 members (excludes halogenated alkanes) is 2. The number of benzene rings is 1. The molecule has 1 aromatic rings. The van der Waals surface area contributed by atoms with Crippen LogP contribution in [0.3, 0.4) is 0 Å². The highest BCUT2D eigenvalue weighted by Crippen LogP contribution is 2.29. The minimum absolute atomic E-state index is 0.0762. The average Bonchev–Trinajstić information content (AvgIpc) is 2.38. The lowest BCUT2D eigenvalue weighted by atomic mass is 10.1. The average molecular weight is 264 g/mol. The van der Waals surface area contributed by atoms with Gasteiger partial charge in [-0.25, -0.2) is 0 Å². The molecule has 19 heavy (non-hydrogen) atoms. The third kappa shape index (κ3) is 4.56. The molecule has 0 amide bonds. The van der Waals surface area contributed by atoms with E-state index in [-0.39, 0.29) is 5.69 Å². The molecule has 0 radical (unpaired) electrons. The Morgan fingerprint density at radius 2 is 2.26 bits per heavy atom. The summed E-state index contributed by atoms with van der Waals surface area (Å²) in [7, 11) is 0. The Labute approximate surface area is 111 Å². The molecule has 1 N–H and O–H groups in total. The molecular weight excluding hydrogens is 248 g/mol. The van der Waals surface area contributed by atoms with E-state index in [9.17, 15) is 15.2 Å². The Morgan fingerprint density at radius 1 is 1.53 bits per heavy atom. The van der Waals surface area contributed by atoms with E-state index in [2.05, 4.69) is 0 Å². The van der Waals surface area contributed by atoms with E-state index < -0.39 is 11.0 Å².